The standard InChI is InChI=1S/C15H13BrClNO2S/c16-11-2-4-12(5-3-11)19-7-8-20-14-6-1-10(15(18)21)9-13(14)17/h1-6,9H,7-8H2,(H2,18,21). The largest absolute Gasteiger partial charge is 0.490 e. The van der Waals surface area contributed by atoms with Gasteiger partial charge in [-0.15, -0.1) is 0 Å². The molecular formula is C15H13BrClNO2S. The van der Waals surface area contributed by atoms with Gasteiger partial charge in [-0.3, -0.25) is 0 Å². The first kappa shape index (κ1) is 16.1. The van der Waals surface area contributed by atoms with Gasteiger partial charge in [-0.2, -0.15) is 0 Å². The van der Waals surface area contributed by atoms with E-state index in [1.165, 1.54) is 0 Å². The van der Waals surface area contributed by atoms with E-state index >= 15 is 0 Å². The van der Waals surface area contributed by atoms with Crippen molar-refractivity contribution in [3.63, 3.8) is 0 Å². The maximum atomic E-state index is 6.10. The highest BCUT2D eigenvalue weighted by Crippen LogP contribution is 2.25. The Morgan fingerprint density at radius 3 is 2.38 bits per heavy atom. The van der Waals surface area contributed by atoms with Crippen molar-refractivity contribution in [3.8, 4) is 11.5 Å². The van der Waals surface area contributed by atoms with Crippen LogP contribution in [0.2, 0.25) is 5.02 Å². The Labute approximate surface area is 142 Å². The zero-order chi connectivity index (χ0) is 15.2. The molecule has 6 heteroatoms. The van der Waals surface area contributed by atoms with E-state index in [0.29, 0.717) is 34.5 Å². The summed E-state index contributed by atoms with van der Waals surface area (Å²) in [5.41, 5.74) is 6.25. The molecule has 0 aliphatic heterocycles. The minimum Gasteiger partial charge on any atom is -0.490 e. The van der Waals surface area contributed by atoms with E-state index in [9.17, 15) is 0 Å². The van der Waals surface area contributed by atoms with Crippen molar-refractivity contribution >= 4 is 44.7 Å². The van der Waals surface area contributed by atoms with Crippen LogP contribution in [0.3, 0.4) is 0 Å². The molecule has 2 aromatic rings. The Hall–Kier alpha value is -1.30. The normalized spacial score (nSPS) is 10.2. The highest BCUT2D eigenvalue weighted by molar-refractivity contribution is 9.10. The summed E-state index contributed by atoms with van der Waals surface area (Å²) < 4.78 is 12.1. The third-order valence-corrected chi connectivity index (χ3v) is 3.70. The van der Waals surface area contributed by atoms with E-state index < -0.39 is 0 Å². The minimum atomic E-state index is 0.307. The van der Waals surface area contributed by atoms with Crippen LogP contribution in [0.25, 0.3) is 0 Å². The minimum absolute atomic E-state index is 0.307. The van der Waals surface area contributed by atoms with E-state index in [1.54, 1.807) is 18.2 Å². The molecule has 2 N–H and O–H groups in total. The lowest BCUT2D eigenvalue weighted by atomic mass is 10.2. The van der Waals surface area contributed by atoms with Crippen LogP contribution in [-0.2, 0) is 0 Å². The SMILES string of the molecule is NC(=S)c1ccc(OCCOc2ccc(Br)cc2)c(Cl)c1. The third kappa shape index (κ3) is 4.88. The Balaban J connectivity index is 1.83. The summed E-state index contributed by atoms with van der Waals surface area (Å²) in [7, 11) is 0. The number of halogens is 2. The lowest BCUT2D eigenvalue weighted by Gasteiger charge is -2.10. The van der Waals surface area contributed by atoms with Crippen molar-refractivity contribution in [3.05, 3.63) is 57.5 Å². The molecule has 0 radical (unpaired) electrons. The van der Waals surface area contributed by atoms with Crippen LogP contribution in [0.4, 0.5) is 0 Å². The fraction of sp³-hybridized carbons (Fsp3) is 0.133. The van der Waals surface area contributed by atoms with Gasteiger partial charge in [0.1, 0.15) is 29.7 Å². The average Bonchev–Trinajstić information content (AvgIpc) is 2.46. The summed E-state index contributed by atoms with van der Waals surface area (Å²) in [6.45, 7) is 0.817. The molecule has 0 saturated carbocycles. The molecule has 0 aliphatic rings. The fourth-order valence-electron chi connectivity index (χ4n) is 1.61. The lowest BCUT2D eigenvalue weighted by Crippen LogP contribution is -2.11. The summed E-state index contributed by atoms with van der Waals surface area (Å²) in [4.78, 5) is 0.307. The van der Waals surface area contributed by atoms with Gasteiger partial charge in [0.15, 0.2) is 0 Å². The zero-order valence-electron chi connectivity index (χ0n) is 11.0. The van der Waals surface area contributed by atoms with Gasteiger partial charge in [0.25, 0.3) is 0 Å². The van der Waals surface area contributed by atoms with Gasteiger partial charge in [-0.25, -0.2) is 0 Å². The zero-order valence-corrected chi connectivity index (χ0v) is 14.2. The summed E-state index contributed by atoms with van der Waals surface area (Å²) in [5, 5.41) is 0.476. The molecule has 0 spiro atoms. The quantitative estimate of drug-likeness (QED) is 0.597. The van der Waals surface area contributed by atoms with E-state index in [1.807, 2.05) is 24.3 Å². The maximum absolute atomic E-state index is 6.10. The van der Waals surface area contributed by atoms with Crippen LogP contribution in [-0.4, -0.2) is 18.2 Å². The van der Waals surface area contributed by atoms with Crippen molar-refractivity contribution in [2.24, 2.45) is 5.73 Å². The van der Waals surface area contributed by atoms with Crippen molar-refractivity contribution < 1.29 is 9.47 Å². The van der Waals surface area contributed by atoms with Crippen LogP contribution in [0.1, 0.15) is 5.56 Å². The van der Waals surface area contributed by atoms with Gasteiger partial charge >= 0.3 is 0 Å². The topological polar surface area (TPSA) is 44.5 Å². The Bertz CT molecular complexity index is 634. The first-order valence-electron chi connectivity index (χ1n) is 6.17. The molecule has 0 aromatic heterocycles. The molecule has 2 aromatic carbocycles. The molecule has 0 aliphatic carbocycles. The predicted molar refractivity (Wildman–Crippen MR) is 92.5 cm³/mol. The average molecular weight is 387 g/mol. The molecule has 0 fully saturated rings. The Morgan fingerprint density at radius 1 is 1.10 bits per heavy atom. The lowest BCUT2D eigenvalue weighted by molar-refractivity contribution is 0.217. The number of hydrogen-bond donors (Lipinski definition) is 1. The second-order valence-electron chi connectivity index (χ2n) is 4.16. The molecule has 2 rings (SSSR count). The second kappa shape index (κ2) is 7.64. The smallest absolute Gasteiger partial charge is 0.138 e. The number of nitrogens with two attached hydrogens (primary N) is 1. The summed E-state index contributed by atoms with van der Waals surface area (Å²) in [6, 6.07) is 12.8. The first-order valence-corrected chi connectivity index (χ1v) is 7.74. The fourth-order valence-corrected chi connectivity index (χ4v) is 2.24. The van der Waals surface area contributed by atoms with E-state index in [2.05, 4.69) is 15.9 Å². The van der Waals surface area contributed by atoms with E-state index in [4.69, 9.17) is 39.0 Å². The number of hydrogen-bond acceptors (Lipinski definition) is 3. The summed E-state index contributed by atoms with van der Waals surface area (Å²) in [5.74, 6) is 1.37. The highest BCUT2D eigenvalue weighted by Gasteiger charge is 2.05. The van der Waals surface area contributed by atoms with Gasteiger partial charge in [-0.1, -0.05) is 39.7 Å². The van der Waals surface area contributed by atoms with Crippen molar-refractivity contribution in [2.75, 3.05) is 13.2 Å². The van der Waals surface area contributed by atoms with E-state index in [-0.39, 0.29) is 0 Å². The highest BCUT2D eigenvalue weighted by atomic mass is 79.9. The molecule has 0 bridgehead atoms. The molecule has 0 unspecified atom stereocenters. The van der Waals surface area contributed by atoms with Gasteiger partial charge in [0, 0.05) is 10.0 Å². The van der Waals surface area contributed by atoms with Gasteiger partial charge < -0.3 is 15.2 Å². The molecule has 0 amide bonds. The number of rotatable bonds is 6. The number of benzene rings is 2. The predicted octanol–water partition coefficient (Wildman–Crippen LogP) is 4.19. The molecule has 0 saturated heterocycles. The maximum Gasteiger partial charge on any atom is 0.138 e. The van der Waals surface area contributed by atoms with Gasteiger partial charge in [0.2, 0.25) is 0 Å². The Morgan fingerprint density at radius 2 is 1.76 bits per heavy atom. The molecule has 110 valence electrons. The molecular weight excluding hydrogens is 374 g/mol. The van der Waals surface area contributed by atoms with Crippen LogP contribution >= 0.6 is 39.7 Å². The van der Waals surface area contributed by atoms with Gasteiger partial charge in [-0.05, 0) is 42.5 Å². The van der Waals surface area contributed by atoms with Crippen molar-refractivity contribution in [1.82, 2.24) is 0 Å². The summed E-state index contributed by atoms with van der Waals surface area (Å²) >= 11 is 14.4. The van der Waals surface area contributed by atoms with Crippen molar-refractivity contribution in [1.29, 1.82) is 0 Å². The second-order valence-corrected chi connectivity index (χ2v) is 5.92. The molecule has 0 heterocycles. The Kier molecular flexibility index (Phi) is 5.85. The number of ether oxygens (including phenoxy) is 2. The molecule has 3 nitrogen and oxygen atoms in total. The van der Waals surface area contributed by atoms with Crippen LogP contribution < -0.4 is 15.2 Å². The number of thiocarbonyl (C=S) groups is 1. The summed E-state index contributed by atoms with van der Waals surface area (Å²) in [6.07, 6.45) is 0. The van der Waals surface area contributed by atoms with Crippen molar-refractivity contribution in [2.45, 2.75) is 0 Å². The van der Waals surface area contributed by atoms with E-state index in [0.717, 1.165) is 10.2 Å². The van der Waals surface area contributed by atoms with Gasteiger partial charge in [0.05, 0.1) is 5.02 Å². The van der Waals surface area contributed by atoms with Crippen LogP contribution in [0.5, 0.6) is 11.5 Å². The monoisotopic (exact) mass is 385 g/mol. The molecule has 0 atom stereocenters. The first-order chi connectivity index (χ1) is 10.1. The van der Waals surface area contributed by atoms with Crippen LogP contribution in [0, 0.1) is 0 Å². The third-order valence-electron chi connectivity index (χ3n) is 2.64. The van der Waals surface area contributed by atoms with Crippen LogP contribution in [0.15, 0.2) is 46.9 Å². The molecule has 21 heavy (non-hydrogen) atoms.